The third kappa shape index (κ3) is 6.00. The number of aliphatic hydroxyl groups is 1. The number of benzene rings is 2. The molecule has 2 bridgehead atoms. The number of carbonyl (C=O) groups excluding carboxylic acids is 3. The fraction of sp³-hybridized carbons (Fsp3) is 0.500. The van der Waals surface area contributed by atoms with Gasteiger partial charge in [-0.15, -0.1) is 13.2 Å². The number of amides is 3. The van der Waals surface area contributed by atoms with E-state index in [4.69, 9.17) is 9.47 Å². The van der Waals surface area contributed by atoms with Crippen LogP contribution >= 0.6 is 0 Å². The molecule has 10 heteroatoms. The summed E-state index contributed by atoms with van der Waals surface area (Å²) in [7, 11) is 0. The number of rotatable bonds is 16. The first-order valence-electron chi connectivity index (χ1n) is 17.2. The van der Waals surface area contributed by atoms with Gasteiger partial charge in [0.2, 0.25) is 11.8 Å². The number of ether oxygens (including phenoxy) is 2. The Morgan fingerprint density at radius 2 is 1.50 bits per heavy atom. The smallest absolute Gasteiger partial charge is 0.253 e. The molecule has 3 aliphatic heterocycles. The summed E-state index contributed by atoms with van der Waals surface area (Å²) >= 11 is 0. The van der Waals surface area contributed by atoms with Crippen molar-refractivity contribution in [1.82, 2.24) is 4.90 Å². The average Bonchev–Trinajstić information content (AvgIpc) is 3.66. The van der Waals surface area contributed by atoms with Gasteiger partial charge in [0.05, 0.1) is 24.0 Å². The maximum Gasteiger partial charge on any atom is 0.253 e. The van der Waals surface area contributed by atoms with Crippen molar-refractivity contribution in [2.24, 2.45) is 11.8 Å². The van der Waals surface area contributed by atoms with E-state index >= 15 is 0 Å². The minimum Gasteiger partial charge on any atom is -0.494 e. The molecule has 3 amide bonds. The van der Waals surface area contributed by atoms with Gasteiger partial charge in [0.1, 0.15) is 17.4 Å². The van der Waals surface area contributed by atoms with Crippen LogP contribution in [-0.2, 0) is 19.1 Å². The SMILES string of the molecule is C=CCN(C(=O)C1N(CCCO)C(=O)[C@@H]2[C@H](C(=O)N(CC=C)c3ccc(OCC)cc3)[C@]3(C)CCC12O3)c1ccc(N(CC)CC)cc1. The molecule has 2 aromatic carbocycles. The second kappa shape index (κ2) is 14.5. The fourth-order valence-electron chi connectivity index (χ4n) is 8.10. The van der Waals surface area contributed by atoms with Crippen LogP contribution in [0.4, 0.5) is 17.1 Å². The molecule has 10 nitrogen and oxygen atoms in total. The molecule has 0 radical (unpaired) electrons. The normalized spacial score (nSPS) is 25.5. The van der Waals surface area contributed by atoms with E-state index in [1.165, 1.54) is 0 Å². The molecule has 3 aliphatic rings. The molecule has 5 atom stereocenters. The van der Waals surface area contributed by atoms with E-state index in [1.54, 1.807) is 26.9 Å². The molecular weight excluding hydrogens is 608 g/mol. The third-order valence-corrected chi connectivity index (χ3v) is 10.2. The Hall–Kier alpha value is -4.15. The molecule has 3 saturated heterocycles. The van der Waals surface area contributed by atoms with Gasteiger partial charge in [-0.25, -0.2) is 0 Å². The number of likely N-dealkylation sites (tertiary alicyclic amines) is 1. The van der Waals surface area contributed by atoms with E-state index in [-0.39, 0.29) is 44.0 Å². The summed E-state index contributed by atoms with van der Waals surface area (Å²) in [5.74, 6) is -1.80. The lowest BCUT2D eigenvalue weighted by atomic mass is 9.66. The van der Waals surface area contributed by atoms with E-state index in [2.05, 4.69) is 31.9 Å². The molecule has 0 aromatic heterocycles. The summed E-state index contributed by atoms with van der Waals surface area (Å²) in [6.07, 6.45) is 4.61. The first kappa shape index (κ1) is 35.2. The third-order valence-electron chi connectivity index (χ3n) is 10.2. The topological polar surface area (TPSA) is 103 Å². The molecule has 1 spiro atoms. The highest BCUT2D eigenvalue weighted by Crippen LogP contribution is 2.63. The number of nitrogens with zero attached hydrogens (tertiary/aromatic N) is 4. The van der Waals surface area contributed by atoms with Gasteiger partial charge in [0, 0.05) is 56.4 Å². The molecule has 258 valence electrons. The van der Waals surface area contributed by atoms with Gasteiger partial charge in [-0.3, -0.25) is 14.4 Å². The Labute approximate surface area is 284 Å². The van der Waals surface area contributed by atoms with Crippen molar-refractivity contribution >= 4 is 34.8 Å². The minimum absolute atomic E-state index is 0.142. The lowest BCUT2D eigenvalue weighted by Crippen LogP contribution is -2.56. The monoisotopic (exact) mass is 658 g/mol. The van der Waals surface area contributed by atoms with Crippen molar-refractivity contribution in [1.29, 1.82) is 0 Å². The summed E-state index contributed by atoms with van der Waals surface area (Å²) in [4.78, 5) is 51.1. The highest BCUT2D eigenvalue weighted by atomic mass is 16.5. The predicted octanol–water partition coefficient (Wildman–Crippen LogP) is 4.82. The van der Waals surface area contributed by atoms with Gasteiger partial charge in [0.15, 0.2) is 0 Å². The van der Waals surface area contributed by atoms with Gasteiger partial charge in [-0.2, -0.15) is 0 Å². The van der Waals surface area contributed by atoms with E-state index in [9.17, 15) is 19.5 Å². The summed E-state index contributed by atoms with van der Waals surface area (Å²) in [6.45, 7) is 18.5. The van der Waals surface area contributed by atoms with Crippen LogP contribution in [0.15, 0.2) is 73.8 Å². The number of hydrogen-bond acceptors (Lipinski definition) is 7. The Morgan fingerprint density at radius 1 is 0.938 bits per heavy atom. The second-order valence-corrected chi connectivity index (χ2v) is 12.9. The zero-order chi connectivity index (χ0) is 34.6. The number of fused-ring (bicyclic) bond motifs is 1. The van der Waals surface area contributed by atoms with E-state index in [1.807, 2.05) is 62.4 Å². The van der Waals surface area contributed by atoms with Gasteiger partial charge in [-0.1, -0.05) is 12.2 Å². The molecular formula is C38H50N4O6. The first-order valence-corrected chi connectivity index (χ1v) is 17.2. The summed E-state index contributed by atoms with van der Waals surface area (Å²) in [6, 6.07) is 14.2. The summed E-state index contributed by atoms with van der Waals surface area (Å²) in [5.41, 5.74) is 0.252. The zero-order valence-electron chi connectivity index (χ0n) is 28.8. The standard InChI is InChI=1S/C38H50N4O6/c1-7-23-40(29-17-19-30(20-18-29)47-11-5)34(44)31-32-35(45)42(25-12-26-43)33(38(32)22-21-37(31,6)48-38)36(46)41(24-8-2)28-15-13-27(14-16-28)39(9-3)10-4/h7-8,13-20,31-33,43H,1-2,9-12,21-26H2,3-6H3/t31-,32+,33?,37+,38?/m1/s1. The van der Waals surface area contributed by atoms with Crippen LogP contribution in [0.3, 0.4) is 0 Å². The van der Waals surface area contributed by atoms with E-state index in [0.717, 1.165) is 18.8 Å². The zero-order valence-corrected chi connectivity index (χ0v) is 28.8. The fourth-order valence-corrected chi connectivity index (χ4v) is 8.10. The molecule has 2 aromatic rings. The summed E-state index contributed by atoms with van der Waals surface area (Å²) in [5, 5.41) is 9.78. The number of hydrogen-bond donors (Lipinski definition) is 1. The Morgan fingerprint density at radius 3 is 2.04 bits per heavy atom. The van der Waals surface area contributed by atoms with Crippen molar-refractivity contribution in [3.63, 3.8) is 0 Å². The molecule has 0 aliphatic carbocycles. The summed E-state index contributed by atoms with van der Waals surface area (Å²) < 4.78 is 12.5. The van der Waals surface area contributed by atoms with Gasteiger partial charge < -0.3 is 34.2 Å². The van der Waals surface area contributed by atoms with Crippen LogP contribution in [0.1, 0.15) is 47.0 Å². The minimum atomic E-state index is -1.20. The van der Waals surface area contributed by atoms with Gasteiger partial charge in [-0.05, 0) is 95.5 Å². The number of anilines is 3. The Balaban J connectivity index is 1.53. The van der Waals surface area contributed by atoms with Gasteiger partial charge >= 0.3 is 0 Å². The molecule has 0 saturated carbocycles. The van der Waals surface area contributed by atoms with Crippen LogP contribution in [-0.4, -0.2) is 90.9 Å². The average molecular weight is 659 g/mol. The lowest BCUT2D eigenvalue weighted by molar-refractivity contribution is -0.144. The Kier molecular flexibility index (Phi) is 10.7. The van der Waals surface area contributed by atoms with Crippen LogP contribution in [0, 0.1) is 11.8 Å². The molecule has 2 unspecified atom stereocenters. The van der Waals surface area contributed by atoms with Crippen molar-refractivity contribution in [3.8, 4) is 5.75 Å². The van der Waals surface area contributed by atoms with Crippen LogP contribution < -0.4 is 19.4 Å². The first-order chi connectivity index (χ1) is 23.1. The lowest BCUT2D eigenvalue weighted by Gasteiger charge is -2.37. The maximum atomic E-state index is 14.8. The number of carbonyl (C=O) groups is 3. The van der Waals surface area contributed by atoms with Crippen LogP contribution in [0.25, 0.3) is 0 Å². The highest BCUT2D eigenvalue weighted by Gasteiger charge is 2.78. The largest absolute Gasteiger partial charge is 0.494 e. The van der Waals surface area contributed by atoms with Crippen molar-refractivity contribution in [3.05, 3.63) is 73.8 Å². The van der Waals surface area contributed by atoms with Crippen molar-refractivity contribution in [2.45, 2.75) is 64.2 Å². The predicted molar refractivity (Wildman–Crippen MR) is 188 cm³/mol. The molecule has 1 N–H and O–H groups in total. The quantitative estimate of drug-likeness (QED) is 0.258. The molecule has 3 heterocycles. The maximum absolute atomic E-state index is 14.8. The molecule has 5 rings (SSSR count). The van der Waals surface area contributed by atoms with Crippen molar-refractivity contribution < 1.29 is 29.0 Å². The Bertz CT molecular complexity index is 1490. The van der Waals surface area contributed by atoms with E-state index < -0.39 is 29.1 Å². The molecule has 48 heavy (non-hydrogen) atoms. The number of aliphatic hydroxyl groups excluding tert-OH is 1. The van der Waals surface area contributed by atoms with Crippen LogP contribution in [0.5, 0.6) is 5.75 Å². The van der Waals surface area contributed by atoms with Gasteiger partial charge in [0.25, 0.3) is 5.91 Å². The van der Waals surface area contributed by atoms with E-state index in [0.29, 0.717) is 43.0 Å². The van der Waals surface area contributed by atoms with Crippen molar-refractivity contribution in [2.75, 3.05) is 60.6 Å². The molecule has 3 fully saturated rings. The highest BCUT2D eigenvalue weighted by molar-refractivity contribution is 6.07. The second-order valence-electron chi connectivity index (χ2n) is 12.9. The van der Waals surface area contributed by atoms with Crippen LogP contribution in [0.2, 0.25) is 0 Å².